The fraction of sp³-hybridized carbons (Fsp3) is 0.333. The quantitative estimate of drug-likeness (QED) is 0.903. The van der Waals surface area contributed by atoms with E-state index in [9.17, 15) is 8.42 Å². The molecule has 1 rings (SSSR count). The Kier molecular flexibility index (Phi) is 4.10. The maximum Gasteiger partial charge on any atom is 0.155 e. The molecule has 0 heterocycles. The van der Waals surface area contributed by atoms with E-state index in [0.717, 1.165) is 10.0 Å². The lowest BCUT2D eigenvalue weighted by Crippen LogP contribution is -2.17. The Labute approximate surface area is 92.4 Å². The summed E-state index contributed by atoms with van der Waals surface area (Å²) >= 11 is 3.29. The summed E-state index contributed by atoms with van der Waals surface area (Å²) in [4.78, 5) is 0. The van der Waals surface area contributed by atoms with Crippen molar-refractivity contribution in [2.24, 2.45) is 5.73 Å². The van der Waals surface area contributed by atoms with Gasteiger partial charge in [0.2, 0.25) is 0 Å². The molecule has 0 spiro atoms. The maximum atomic E-state index is 11.4. The molecule has 0 saturated heterocycles. The summed E-state index contributed by atoms with van der Waals surface area (Å²) in [6.07, 6.45) is 0. The highest BCUT2D eigenvalue weighted by atomic mass is 79.9. The van der Waals surface area contributed by atoms with Crippen molar-refractivity contribution in [2.45, 2.75) is 5.75 Å². The fourth-order valence-corrected chi connectivity index (χ4v) is 2.77. The minimum absolute atomic E-state index is 0.0412. The Balaban J connectivity index is 2.79. The molecule has 3 nitrogen and oxygen atoms in total. The van der Waals surface area contributed by atoms with Crippen LogP contribution >= 0.6 is 15.9 Å². The van der Waals surface area contributed by atoms with E-state index in [1.807, 2.05) is 12.1 Å². The monoisotopic (exact) mass is 277 g/mol. The van der Waals surface area contributed by atoms with Gasteiger partial charge in [-0.15, -0.1) is 0 Å². The number of hydrogen-bond acceptors (Lipinski definition) is 3. The summed E-state index contributed by atoms with van der Waals surface area (Å²) in [5.41, 5.74) is 5.99. The molecule has 0 aliphatic carbocycles. The molecule has 0 saturated carbocycles. The lowest BCUT2D eigenvalue weighted by molar-refractivity contribution is 0.595. The first-order valence-electron chi connectivity index (χ1n) is 4.18. The number of rotatable bonds is 4. The first kappa shape index (κ1) is 11.7. The Morgan fingerprint density at radius 1 is 1.36 bits per heavy atom. The average Bonchev–Trinajstić information content (AvgIpc) is 2.02. The summed E-state index contributed by atoms with van der Waals surface area (Å²) in [7, 11) is -3.05. The molecule has 78 valence electrons. The van der Waals surface area contributed by atoms with Gasteiger partial charge in [0.05, 0.1) is 11.5 Å². The van der Waals surface area contributed by atoms with E-state index in [1.165, 1.54) is 0 Å². The van der Waals surface area contributed by atoms with Gasteiger partial charge in [0.1, 0.15) is 0 Å². The second kappa shape index (κ2) is 4.91. The Hall–Kier alpha value is -0.390. The number of nitrogens with two attached hydrogens (primary N) is 1. The van der Waals surface area contributed by atoms with Crippen LogP contribution in [0.1, 0.15) is 5.56 Å². The molecule has 2 N–H and O–H groups in total. The van der Waals surface area contributed by atoms with Gasteiger partial charge in [-0.2, -0.15) is 0 Å². The van der Waals surface area contributed by atoms with Gasteiger partial charge in [0, 0.05) is 11.0 Å². The molecule has 1 aromatic carbocycles. The number of benzene rings is 1. The number of hydrogen-bond donors (Lipinski definition) is 1. The zero-order valence-corrected chi connectivity index (χ0v) is 10.0. The molecule has 0 aliphatic heterocycles. The molecule has 0 bridgehead atoms. The van der Waals surface area contributed by atoms with Crippen molar-refractivity contribution in [3.63, 3.8) is 0 Å². The van der Waals surface area contributed by atoms with Crippen LogP contribution in [-0.4, -0.2) is 20.7 Å². The van der Waals surface area contributed by atoms with Crippen molar-refractivity contribution in [1.29, 1.82) is 0 Å². The van der Waals surface area contributed by atoms with E-state index in [4.69, 9.17) is 5.73 Å². The third kappa shape index (κ3) is 3.77. The largest absolute Gasteiger partial charge is 0.329 e. The third-order valence-electron chi connectivity index (χ3n) is 1.70. The molecule has 0 atom stereocenters. The highest BCUT2D eigenvalue weighted by Crippen LogP contribution is 2.14. The van der Waals surface area contributed by atoms with Gasteiger partial charge in [-0.1, -0.05) is 28.1 Å². The van der Waals surface area contributed by atoms with Gasteiger partial charge in [-0.25, -0.2) is 8.42 Å². The van der Waals surface area contributed by atoms with Gasteiger partial charge in [0.25, 0.3) is 0 Å². The second-order valence-electron chi connectivity index (χ2n) is 3.01. The van der Waals surface area contributed by atoms with Crippen LogP contribution in [0.4, 0.5) is 0 Å². The van der Waals surface area contributed by atoms with E-state index in [2.05, 4.69) is 15.9 Å². The maximum absolute atomic E-state index is 11.4. The first-order valence-corrected chi connectivity index (χ1v) is 6.80. The zero-order valence-electron chi connectivity index (χ0n) is 7.61. The van der Waals surface area contributed by atoms with Crippen LogP contribution in [0.25, 0.3) is 0 Å². The number of sulfone groups is 1. The topological polar surface area (TPSA) is 60.2 Å². The smallest absolute Gasteiger partial charge is 0.155 e. The third-order valence-corrected chi connectivity index (χ3v) is 3.83. The normalized spacial score (nSPS) is 11.6. The lowest BCUT2D eigenvalue weighted by atomic mass is 10.2. The van der Waals surface area contributed by atoms with E-state index < -0.39 is 9.84 Å². The zero-order chi connectivity index (χ0) is 10.6. The molecule has 1 aromatic rings. The van der Waals surface area contributed by atoms with Crippen molar-refractivity contribution < 1.29 is 8.42 Å². The highest BCUT2D eigenvalue weighted by Gasteiger charge is 2.10. The van der Waals surface area contributed by atoms with Gasteiger partial charge >= 0.3 is 0 Å². The SMILES string of the molecule is NCCS(=O)(=O)Cc1cccc(Br)c1. The minimum Gasteiger partial charge on any atom is -0.329 e. The van der Waals surface area contributed by atoms with Gasteiger partial charge in [0.15, 0.2) is 9.84 Å². The van der Waals surface area contributed by atoms with Crippen LogP contribution < -0.4 is 5.73 Å². The summed E-state index contributed by atoms with van der Waals surface area (Å²) < 4.78 is 23.7. The first-order chi connectivity index (χ1) is 6.53. The predicted molar refractivity (Wildman–Crippen MR) is 60.7 cm³/mol. The van der Waals surface area contributed by atoms with E-state index in [-0.39, 0.29) is 18.1 Å². The van der Waals surface area contributed by atoms with E-state index in [1.54, 1.807) is 12.1 Å². The Morgan fingerprint density at radius 2 is 2.07 bits per heavy atom. The summed E-state index contributed by atoms with van der Waals surface area (Å²) in [6, 6.07) is 7.27. The minimum atomic E-state index is -3.05. The van der Waals surface area contributed by atoms with Crippen LogP contribution in [0.3, 0.4) is 0 Å². The van der Waals surface area contributed by atoms with Gasteiger partial charge in [-0.05, 0) is 17.7 Å². The van der Waals surface area contributed by atoms with Crippen LogP contribution in [0.5, 0.6) is 0 Å². The molecule has 0 aliphatic rings. The highest BCUT2D eigenvalue weighted by molar-refractivity contribution is 9.10. The van der Waals surface area contributed by atoms with Crippen LogP contribution in [-0.2, 0) is 15.6 Å². The standard InChI is InChI=1S/C9H12BrNO2S/c10-9-3-1-2-8(6-9)7-14(12,13)5-4-11/h1-3,6H,4-5,7,11H2. The Bertz CT molecular complexity index is 403. The van der Waals surface area contributed by atoms with Crippen molar-refractivity contribution in [1.82, 2.24) is 0 Å². The average molecular weight is 278 g/mol. The molecule has 0 amide bonds. The summed E-state index contributed by atoms with van der Waals surface area (Å²) in [5, 5.41) is 0. The molecule has 0 unspecified atom stereocenters. The molecule has 5 heteroatoms. The van der Waals surface area contributed by atoms with Crippen LogP contribution in [0.15, 0.2) is 28.7 Å². The Morgan fingerprint density at radius 3 is 2.64 bits per heavy atom. The van der Waals surface area contributed by atoms with E-state index in [0.29, 0.717) is 0 Å². The fourth-order valence-electron chi connectivity index (χ4n) is 1.13. The predicted octanol–water partition coefficient (Wildman–Crippen LogP) is 1.32. The van der Waals surface area contributed by atoms with Crippen molar-refractivity contribution in [3.05, 3.63) is 34.3 Å². The molecule has 14 heavy (non-hydrogen) atoms. The van der Waals surface area contributed by atoms with Crippen molar-refractivity contribution in [2.75, 3.05) is 12.3 Å². The lowest BCUT2D eigenvalue weighted by Gasteiger charge is -2.02. The van der Waals surface area contributed by atoms with Crippen molar-refractivity contribution in [3.8, 4) is 0 Å². The van der Waals surface area contributed by atoms with Crippen molar-refractivity contribution >= 4 is 25.8 Å². The van der Waals surface area contributed by atoms with Gasteiger partial charge < -0.3 is 5.73 Å². The molecule has 0 fully saturated rings. The summed E-state index contributed by atoms with van der Waals surface area (Å²) in [5.74, 6) is 0.100. The van der Waals surface area contributed by atoms with E-state index >= 15 is 0 Å². The molecule has 0 aromatic heterocycles. The summed E-state index contributed by atoms with van der Waals surface area (Å²) in [6.45, 7) is 0.177. The van der Waals surface area contributed by atoms with Gasteiger partial charge in [-0.3, -0.25) is 0 Å². The van der Waals surface area contributed by atoms with Crippen LogP contribution in [0.2, 0.25) is 0 Å². The number of halogens is 1. The molecular weight excluding hydrogens is 266 g/mol. The molecular formula is C9H12BrNO2S. The van der Waals surface area contributed by atoms with Crippen LogP contribution in [0, 0.1) is 0 Å². The molecule has 0 radical (unpaired) electrons. The second-order valence-corrected chi connectivity index (χ2v) is 6.11.